The van der Waals surface area contributed by atoms with Crippen molar-refractivity contribution in [2.24, 2.45) is 0 Å². The number of nitrogens with one attached hydrogen (secondary N) is 1. The topological polar surface area (TPSA) is 114 Å². The van der Waals surface area contributed by atoms with Gasteiger partial charge in [-0.3, -0.25) is 4.79 Å². The van der Waals surface area contributed by atoms with E-state index >= 15 is 0 Å². The van der Waals surface area contributed by atoms with Crippen LogP contribution in [0.15, 0.2) is 26.4 Å². The SMILES string of the molecule is CC(C)(C)N(C(=O)[O-])[C@H]1CCN(S(=O)(=O)c2cc(Br)c[nH]c2=O)C1. The molecular formula is C14H19BrN3O5S-. The lowest BCUT2D eigenvalue weighted by Crippen LogP contribution is -2.57. The van der Waals surface area contributed by atoms with E-state index in [2.05, 4.69) is 20.9 Å². The molecule has 1 saturated heterocycles. The number of carbonyl (C=O) groups excluding carboxylic acids is 1. The van der Waals surface area contributed by atoms with E-state index in [1.807, 2.05) is 0 Å². The second kappa shape index (κ2) is 6.49. The Balaban J connectivity index is 2.31. The minimum Gasteiger partial charge on any atom is -0.530 e. The molecule has 0 unspecified atom stereocenters. The molecule has 0 spiro atoms. The molecule has 8 nitrogen and oxygen atoms in total. The number of carboxylic acid groups (broad SMARTS) is 1. The Kier molecular flexibility index (Phi) is 5.12. The van der Waals surface area contributed by atoms with Crippen LogP contribution in [0, 0.1) is 0 Å². The fourth-order valence-electron chi connectivity index (χ4n) is 2.88. The number of carbonyl (C=O) groups is 1. The maximum Gasteiger partial charge on any atom is 0.268 e. The number of aromatic nitrogens is 1. The molecule has 1 aromatic rings. The fraction of sp³-hybridized carbons (Fsp3) is 0.571. The van der Waals surface area contributed by atoms with Gasteiger partial charge in [0.25, 0.3) is 5.56 Å². The van der Waals surface area contributed by atoms with Crippen molar-refractivity contribution < 1.29 is 18.3 Å². The van der Waals surface area contributed by atoms with Crippen molar-refractivity contribution >= 4 is 32.0 Å². The highest BCUT2D eigenvalue weighted by Crippen LogP contribution is 2.27. The van der Waals surface area contributed by atoms with Gasteiger partial charge in [0.2, 0.25) is 10.0 Å². The third kappa shape index (κ3) is 3.65. The van der Waals surface area contributed by atoms with Gasteiger partial charge in [0.15, 0.2) is 0 Å². The van der Waals surface area contributed by atoms with E-state index in [9.17, 15) is 23.1 Å². The molecule has 1 aliphatic rings. The molecule has 1 fully saturated rings. The lowest BCUT2D eigenvalue weighted by molar-refractivity contribution is -0.273. The third-order valence-corrected chi connectivity index (χ3v) is 6.19. The second-order valence-electron chi connectivity index (χ2n) is 6.62. The molecule has 1 N–H and O–H groups in total. The van der Waals surface area contributed by atoms with Crippen LogP contribution in [-0.4, -0.2) is 53.4 Å². The zero-order valence-corrected chi connectivity index (χ0v) is 16.0. The highest BCUT2D eigenvalue weighted by atomic mass is 79.9. The molecule has 0 aromatic carbocycles. The normalized spacial score (nSPS) is 19.4. The Bertz CT molecular complexity index is 799. The van der Waals surface area contributed by atoms with Gasteiger partial charge in [0.1, 0.15) is 11.0 Å². The van der Waals surface area contributed by atoms with Gasteiger partial charge in [-0.1, -0.05) is 0 Å². The average molecular weight is 421 g/mol. The van der Waals surface area contributed by atoms with Gasteiger partial charge in [-0.2, -0.15) is 4.31 Å². The zero-order valence-electron chi connectivity index (χ0n) is 13.6. The summed E-state index contributed by atoms with van der Waals surface area (Å²) < 4.78 is 27.0. The first-order valence-corrected chi connectivity index (χ1v) is 9.56. The van der Waals surface area contributed by atoms with Gasteiger partial charge in [0, 0.05) is 35.3 Å². The summed E-state index contributed by atoms with van der Waals surface area (Å²) >= 11 is 3.13. The second-order valence-corrected chi connectivity index (χ2v) is 9.45. The van der Waals surface area contributed by atoms with Crippen molar-refractivity contribution in [3.05, 3.63) is 27.1 Å². The molecule has 0 saturated carbocycles. The van der Waals surface area contributed by atoms with Crippen LogP contribution in [0.1, 0.15) is 27.2 Å². The summed E-state index contributed by atoms with van der Waals surface area (Å²) in [6, 6.07) is 0.720. The summed E-state index contributed by atoms with van der Waals surface area (Å²) in [5.41, 5.74) is -1.43. The minimum absolute atomic E-state index is 0.0143. The van der Waals surface area contributed by atoms with Crippen LogP contribution in [-0.2, 0) is 10.0 Å². The molecule has 1 aliphatic heterocycles. The number of halogens is 1. The van der Waals surface area contributed by atoms with E-state index in [4.69, 9.17) is 0 Å². The molecule has 2 rings (SSSR count). The highest BCUT2D eigenvalue weighted by Gasteiger charge is 2.39. The van der Waals surface area contributed by atoms with Crippen molar-refractivity contribution in [2.75, 3.05) is 13.1 Å². The van der Waals surface area contributed by atoms with Crippen molar-refractivity contribution in [1.29, 1.82) is 0 Å². The average Bonchev–Trinajstić information content (AvgIpc) is 2.89. The van der Waals surface area contributed by atoms with Crippen molar-refractivity contribution in [2.45, 2.75) is 43.7 Å². The van der Waals surface area contributed by atoms with E-state index < -0.39 is 33.3 Å². The van der Waals surface area contributed by atoms with Crippen molar-refractivity contribution in [3.8, 4) is 0 Å². The Morgan fingerprint density at radius 3 is 2.62 bits per heavy atom. The van der Waals surface area contributed by atoms with E-state index in [1.54, 1.807) is 20.8 Å². The maximum atomic E-state index is 12.7. The summed E-state index contributed by atoms with van der Waals surface area (Å²) in [6.45, 7) is 5.29. The standard InChI is InChI=1S/C14H20BrN3O5S/c1-14(2,3)18(13(20)21)10-4-5-17(8-10)24(22,23)11-6-9(15)7-16-12(11)19/h6-7,10H,4-5,8H2,1-3H3,(H,16,19)(H,20,21)/p-1/t10-/m0/s1. The smallest absolute Gasteiger partial charge is 0.268 e. The number of aromatic amines is 1. The van der Waals surface area contributed by atoms with Crippen LogP contribution >= 0.6 is 15.9 Å². The van der Waals surface area contributed by atoms with Gasteiger partial charge in [-0.05, 0) is 49.2 Å². The summed E-state index contributed by atoms with van der Waals surface area (Å²) in [7, 11) is -4.01. The predicted octanol–water partition coefficient (Wildman–Crippen LogP) is 0.344. The van der Waals surface area contributed by atoms with Crippen LogP contribution in [0.5, 0.6) is 0 Å². The van der Waals surface area contributed by atoms with E-state index in [1.165, 1.54) is 12.3 Å². The molecule has 1 atom stereocenters. The molecule has 2 heterocycles. The van der Waals surface area contributed by atoms with Gasteiger partial charge < -0.3 is 19.8 Å². The molecule has 0 radical (unpaired) electrons. The van der Waals surface area contributed by atoms with Crippen LogP contribution in [0.25, 0.3) is 0 Å². The first-order valence-electron chi connectivity index (χ1n) is 7.33. The number of nitrogens with zero attached hydrogens (tertiary/aromatic N) is 2. The fourth-order valence-corrected chi connectivity index (χ4v) is 4.94. The van der Waals surface area contributed by atoms with E-state index in [0.29, 0.717) is 10.9 Å². The quantitative estimate of drug-likeness (QED) is 0.757. The molecule has 0 bridgehead atoms. The molecule has 1 aromatic heterocycles. The number of hydrogen-bond donors (Lipinski definition) is 1. The summed E-state index contributed by atoms with van der Waals surface area (Å²) in [5.74, 6) is 0. The summed E-state index contributed by atoms with van der Waals surface area (Å²) in [6.07, 6.45) is 0.356. The predicted molar refractivity (Wildman–Crippen MR) is 88.9 cm³/mol. The first kappa shape index (κ1) is 18.9. The summed E-state index contributed by atoms with van der Waals surface area (Å²) in [4.78, 5) is 26.4. The van der Waals surface area contributed by atoms with Gasteiger partial charge in [-0.15, -0.1) is 0 Å². The van der Waals surface area contributed by atoms with Gasteiger partial charge in [-0.25, -0.2) is 8.42 Å². The Hall–Kier alpha value is -1.39. The Morgan fingerprint density at radius 1 is 1.46 bits per heavy atom. The molecule has 10 heteroatoms. The van der Waals surface area contributed by atoms with Crippen LogP contribution in [0.2, 0.25) is 0 Å². The van der Waals surface area contributed by atoms with E-state index in [0.717, 1.165) is 9.21 Å². The monoisotopic (exact) mass is 420 g/mol. The molecule has 1 amide bonds. The third-order valence-electron chi connectivity index (χ3n) is 3.86. The van der Waals surface area contributed by atoms with E-state index in [-0.39, 0.29) is 18.0 Å². The molecule has 0 aliphatic carbocycles. The van der Waals surface area contributed by atoms with Crippen molar-refractivity contribution in [3.63, 3.8) is 0 Å². The number of rotatable bonds is 3. The largest absolute Gasteiger partial charge is 0.530 e. The number of pyridine rings is 1. The number of hydrogen-bond acceptors (Lipinski definition) is 5. The highest BCUT2D eigenvalue weighted by molar-refractivity contribution is 9.10. The summed E-state index contributed by atoms with van der Waals surface area (Å²) in [5, 5.41) is 11.4. The minimum atomic E-state index is -4.01. The lowest BCUT2D eigenvalue weighted by atomic mass is 10.0. The van der Waals surface area contributed by atoms with Gasteiger partial charge >= 0.3 is 0 Å². The van der Waals surface area contributed by atoms with Crippen molar-refractivity contribution in [1.82, 2.24) is 14.2 Å². The maximum absolute atomic E-state index is 12.7. The molecular weight excluding hydrogens is 402 g/mol. The number of sulfonamides is 1. The van der Waals surface area contributed by atoms with Gasteiger partial charge in [0.05, 0.1) is 0 Å². The van der Waals surface area contributed by atoms with Crippen LogP contribution in [0.4, 0.5) is 4.79 Å². The molecule has 24 heavy (non-hydrogen) atoms. The number of H-pyrrole nitrogens is 1. The van der Waals surface area contributed by atoms with Crippen LogP contribution in [0.3, 0.4) is 0 Å². The zero-order chi connectivity index (χ0) is 18.3. The number of amides is 1. The Morgan fingerprint density at radius 2 is 2.08 bits per heavy atom. The lowest BCUT2D eigenvalue weighted by Gasteiger charge is -2.42. The van der Waals surface area contributed by atoms with Crippen LogP contribution < -0.4 is 10.7 Å². The first-order chi connectivity index (χ1) is 10.9. The molecule has 134 valence electrons. The Labute approximate surface area is 148 Å².